The number of hydrogen-bond donors (Lipinski definition) is 1. The molecule has 5 nitrogen and oxygen atoms in total. The number of carbonyl (C=O) groups is 1. The van der Waals surface area contributed by atoms with Crippen LogP contribution in [-0.4, -0.2) is 20.4 Å². The Hall–Kier alpha value is -2.51. The van der Waals surface area contributed by atoms with Crippen molar-refractivity contribution in [2.75, 3.05) is 5.32 Å². The summed E-state index contributed by atoms with van der Waals surface area (Å²) >= 11 is 2.87. The number of fused-ring (bicyclic) bond motifs is 1. The van der Waals surface area contributed by atoms with Crippen LogP contribution in [0.15, 0.2) is 47.3 Å². The molecule has 1 aromatic carbocycles. The SMILES string of the molecule is CCn1c(-c2nc(C(=O)Nc3nccs3)cs2)cc2ccccc21. The highest BCUT2D eigenvalue weighted by molar-refractivity contribution is 7.14. The normalized spacial score (nSPS) is 11.0. The number of rotatable bonds is 4. The summed E-state index contributed by atoms with van der Waals surface area (Å²) in [6.45, 7) is 2.96. The molecule has 0 fully saturated rings. The minimum absolute atomic E-state index is 0.230. The van der Waals surface area contributed by atoms with E-state index in [0.29, 0.717) is 10.8 Å². The van der Waals surface area contributed by atoms with E-state index in [2.05, 4.69) is 45.0 Å². The summed E-state index contributed by atoms with van der Waals surface area (Å²) in [6, 6.07) is 10.4. The molecule has 0 aliphatic rings. The highest BCUT2D eigenvalue weighted by Crippen LogP contribution is 2.30. The van der Waals surface area contributed by atoms with Crippen molar-refractivity contribution in [1.82, 2.24) is 14.5 Å². The van der Waals surface area contributed by atoms with Gasteiger partial charge < -0.3 is 4.57 Å². The van der Waals surface area contributed by atoms with Crippen LogP contribution in [0.25, 0.3) is 21.6 Å². The Kier molecular flexibility index (Phi) is 3.87. The summed E-state index contributed by atoms with van der Waals surface area (Å²) in [4.78, 5) is 20.9. The Labute approximate surface area is 146 Å². The molecule has 0 saturated carbocycles. The van der Waals surface area contributed by atoms with E-state index in [0.717, 1.165) is 17.2 Å². The number of para-hydroxylation sites is 1. The van der Waals surface area contributed by atoms with Crippen LogP contribution in [0.5, 0.6) is 0 Å². The van der Waals surface area contributed by atoms with Gasteiger partial charge in [-0.25, -0.2) is 9.97 Å². The number of hydrogen-bond acceptors (Lipinski definition) is 5. The van der Waals surface area contributed by atoms with Gasteiger partial charge in [0, 0.05) is 34.4 Å². The van der Waals surface area contributed by atoms with Gasteiger partial charge in [0.25, 0.3) is 5.91 Å². The highest BCUT2D eigenvalue weighted by atomic mass is 32.1. The summed E-state index contributed by atoms with van der Waals surface area (Å²) in [5.74, 6) is -0.230. The van der Waals surface area contributed by atoms with Gasteiger partial charge in [0.2, 0.25) is 0 Å². The van der Waals surface area contributed by atoms with Crippen molar-refractivity contribution in [2.24, 2.45) is 0 Å². The van der Waals surface area contributed by atoms with E-state index >= 15 is 0 Å². The third kappa shape index (κ3) is 2.61. The van der Waals surface area contributed by atoms with Gasteiger partial charge in [-0.1, -0.05) is 18.2 Å². The molecule has 4 rings (SSSR count). The van der Waals surface area contributed by atoms with Crippen molar-refractivity contribution in [3.05, 3.63) is 53.0 Å². The van der Waals surface area contributed by atoms with Gasteiger partial charge in [-0.15, -0.1) is 22.7 Å². The van der Waals surface area contributed by atoms with Crippen LogP contribution in [0.2, 0.25) is 0 Å². The van der Waals surface area contributed by atoms with Crippen LogP contribution in [0.1, 0.15) is 17.4 Å². The molecule has 0 unspecified atom stereocenters. The summed E-state index contributed by atoms with van der Waals surface area (Å²) < 4.78 is 2.22. The molecule has 0 radical (unpaired) electrons. The smallest absolute Gasteiger partial charge is 0.276 e. The first-order chi connectivity index (χ1) is 11.8. The predicted molar refractivity (Wildman–Crippen MR) is 98.8 cm³/mol. The van der Waals surface area contributed by atoms with Gasteiger partial charge in [-0.2, -0.15) is 0 Å². The zero-order chi connectivity index (χ0) is 16.5. The lowest BCUT2D eigenvalue weighted by Gasteiger charge is -2.05. The van der Waals surface area contributed by atoms with E-state index in [-0.39, 0.29) is 5.91 Å². The first-order valence-corrected chi connectivity index (χ1v) is 9.27. The molecule has 0 spiro atoms. The largest absolute Gasteiger partial charge is 0.339 e. The molecule has 0 aliphatic heterocycles. The Morgan fingerprint density at radius 3 is 2.96 bits per heavy atom. The second-order valence-electron chi connectivity index (χ2n) is 5.16. The number of anilines is 1. The van der Waals surface area contributed by atoms with Gasteiger partial charge in [0.05, 0.1) is 5.69 Å². The molecule has 24 heavy (non-hydrogen) atoms. The van der Waals surface area contributed by atoms with Gasteiger partial charge in [0.15, 0.2) is 5.13 Å². The third-order valence-electron chi connectivity index (χ3n) is 3.74. The molecule has 3 aromatic heterocycles. The molecule has 0 atom stereocenters. The maximum Gasteiger partial charge on any atom is 0.276 e. The molecule has 4 aromatic rings. The fourth-order valence-corrected chi connectivity index (χ4v) is 4.02. The van der Waals surface area contributed by atoms with Crippen LogP contribution < -0.4 is 5.32 Å². The van der Waals surface area contributed by atoms with Crippen molar-refractivity contribution in [3.8, 4) is 10.7 Å². The van der Waals surface area contributed by atoms with Crippen LogP contribution in [0, 0.1) is 0 Å². The van der Waals surface area contributed by atoms with Crippen LogP contribution in [0.3, 0.4) is 0 Å². The fourth-order valence-electron chi connectivity index (χ4n) is 2.67. The van der Waals surface area contributed by atoms with E-state index in [9.17, 15) is 4.79 Å². The lowest BCUT2D eigenvalue weighted by Crippen LogP contribution is -2.12. The minimum atomic E-state index is -0.230. The number of aromatic nitrogens is 3. The number of nitrogens with one attached hydrogen (secondary N) is 1. The molecular weight excluding hydrogens is 340 g/mol. The second-order valence-corrected chi connectivity index (χ2v) is 6.91. The van der Waals surface area contributed by atoms with Crippen LogP contribution in [0.4, 0.5) is 5.13 Å². The summed E-state index contributed by atoms with van der Waals surface area (Å²) in [7, 11) is 0. The van der Waals surface area contributed by atoms with Gasteiger partial charge in [-0.05, 0) is 19.1 Å². The molecule has 1 amide bonds. The van der Waals surface area contributed by atoms with Gasteiger partial charge in [0.1, 0.15) is 10.7 Å². The van der Waals surface area contributed by atoms with E-state index in [1.54, 1.807) is 11.6 Å². The molecule has 120 valence electrons. The van der Waals surface area contributed by atoms with Crippen molar-refractivity contribution in [2.45, 2.75) is 13.5 Å². The molecule has 1 N–H and O–H groups in total. The quantitative estimate of drug-likeness (QED) is 0.587. The minimum Gasteiger partial charge on any atom is -0.339 e. The van der Waals surface area contributed by atoms with Crippen molar-refractivity contribution in [3.63, 3.8) is 0 Å². The summed E-state index contributed by atoms with van der Waals surface area (Å²) in [5.41, 5.74) is 2.63. The maximum absolute atomic E-state index is 12.3. The van der Waals surface area contributed by atoms with Gasteiger partial charge in [-0.3, -0.25) is 10.1 Å². The summed E-state index contributed by atoms with van der Waals surface area (Å²) in [5, 5.41) is 8.98. The maximum atomic E-state index is 12.3. The second kappa shape index (κ2) is 6.18. The predicted octanol–water partition coefficient (Wildman–Crippen LogP) is 4.49. The monoisotopic (exact) mass is 354 g/mol. The number of carbonyl (C=O) groups excluding carboxylic acids is 1. The topological polar surface area (TPSA) is 59.8 Å². The Morgan fingerprint density at radius 2 is 2.17 bits per heavy atom. The standard InChI is InChI=1S/C17H14N4OS2/c1-2-21-13-6-4-3-5-11(13)9-14(21)16-19-12(10-24-16)15(22)20-17-18-7-8-23-17/h3-10H,2H2,1H3,(H,18,20,22). The number of benzene rings is 1. The van der Waals surface area contributed by atoms with E-state index in [1.165, 1.54) is 33.6 Å². The van der Waals surface area contributed by atoms with Crippen LogP contribution >= 0.6 is 22.7 Å². The third-order valence-corrected chi connectivity index (χ3v) is 5.29. The average molecular weight is 354 g/mol. The van der Waals surface area contributed by atoms with Crippen molar-refractivity contribution >= 4 is 44.6 Å². The highest BCUT2D eigenvalue weighted by Gasteiger charge is 2.16. The molecule has 0 aliphatic carbocycles. The van der Waals surface area contributed by atoms with Crippen molar-refractivity contribution < 1.29 is 4.79 Å². The average Bonchev–Trinajstić information content (AvgIpc) is 3.33. The number of aryl methyl sites for hydroxylation is 1. The molecule has 3 heterocycles. The zero-order valence-corrected chi connectivity index (χ0v) is 14.5. The van der Waals surface area contributed by atoms with Crippen molar-refractivity contribution in [1.29, 1.82) is 0 Å². The lowest BCUT2D eigenvalue weighted by atomic mass is 10.2. The number of thiazole rings is 2. The molecule has 0 bridgehead atoms. The molecular formula is C17H14N4OS2. The Bertz CT molecular complexity index is 1000. The Morgan fingerprint density at radius 1 is 1.29 bits per heavy atom. The first kappa shape index (κ1) is 15.0. The summed E-state index contributed by atoms with van der Waals surface area (Å²) in [6.07, 6.45) is 1.66. The zero-order valence-electron chi connectivity index (χ0n) is 12.9. The molecule has 0 saturated heterocycles. The van der Waals surface area contributed by atoms with Crippen LogP contribution in [-0.2, 0) is 6.54 Å². The van der Waals surface area contributed by atoms with E-state index in [4.69, 9.17) is 0 Å². The first-order valence-electron chi connectivity index (χ1n) is 7.51. The lowest BCUT2D eigenvalue weighted by molar-refractivity contribution is 0.102. The molecule has 7 heteroatoms. The number of nitrogens with zero attached hydrogens (tertiary/aromatic N) is 3. The fraction of sp³-hybridized carbons (Fsp3) is 0.118. The van der Waals surface area contributed by atoms with E-state index in [1.807, 2.05) is 17.5 Å². The number of amides is 1. The van der Waals surface area contributed by atoms with E-state index < -0.39 is 0 Å². The van der Waals surface area contributed by atoms with Gasteiger partial charge >= 0.3 is 0 Å². The Balaban J connectivity index is 1.69.